The summed E-state index contributed by atoms with van der Waals surface area (Å²) >= 11 is 0. The van der Waals surface area contributed by atoms with Gasteiger partial charge in [-0.25, -0.2) is 0 Å². The third-order valence-corrected chi connectivity index (χ3v) is 4.85. The lowest BCUT2D eigenvalue weighted by Gasteiger charge is -2.28. The van der Waals surface area contributed by atoms with Crippen LogP contribution in [0.4, 0.5) is 5.69 Å². The summed E-state index contributed by atoms with van der Waals surface area (Å²) in [5.41, 5.74) is 4.07. The molecule has 1 aliphatic heterocycles. The second-order valence-corrected chi connectivity index (χ2v) is 6.32. The zero-order valence-corrected chi connectivity index (χ0v) is 13.6. The lowest BCUT2D eigenvalue weighted by atomic mass is 10.00. The average Bonchev–Trinajstić information content (AvgIpc) is 2.98. The summed E-state index contributed by atoms with van der Waals surface area (Å²) in [7, 11) is 0. The number of fused-ring (bicyclic) bond motifs is 3. The highest BCUT2D eigenvalue weighted by Crippen LogP contribution is 2.31. The Kier molecular flexibility index (Phi) is 3.65. The minimum absolute atomic E-state index is 0.510. The van der Waals surface area contributed by atoms with Crippen molar-refractivity contribution in [2.24, 2.45) is 0 Å². The van der Waals surface area contributed by atoms with Gasteiger partial charge in [0.25, 0.3) is 0 Å². The number of carbonyl (C=O) groups is 1. The SMILES string of the molecule is CC(C(=O)O)c1ccc2c(c1)[nH]c1ccc(N3CCOCC3)cc12. The molecule has 124 valence electrons. The first-order valence-electron chi connectivity index (χ1n) is 8.24. The van der Waals surface area contributed by atoms with E-state index in [1.54, 1.807) is 6.92 Å². The summed E-state index contributed by atoms with van der Waals surface area (Å²) in [6.07, 6.45) is 0. The molecule has 1 fully saturated rings. The molecule has 5 nitrogen and oxygen atoms in total. The fraction of sp³-hybridized carbons (Fsp3) is 0.316. The molecule has 2 heterocycles. The van der Waals surface area contributed by atoms with Crippen molar-refractivity contribution in [2.45, 2.75) is 12.8 Å². The Morgan fingerprint density at radius 2 is 1.92 bits per heavy atom. The number of ether oxygens (including phenoxy) is 1. The number of anilines is 1. The van der Waals surface area contributed by atoms with Gasteiger partial charge in [-0.1, -0.05) is 12.1 Å². The van der Waals surface area contributed by atoms with Crippen LogP contribution in [0.3, 0.4) is 0 Å². The van der Waals surface area contributed by atoms with Crippen molar-refractivity contribution >= 4 is 33.5 Å². The van der Waals surface area contributed by atoms with E-state index in [1.807, 2.05) is 18.2 Å². The highest BCUT2D eigenvalue weighted by molar-refractivity contribution is 6.08. The van der Waals surface area contributed by atoms with Gasteiger partial charge in [-0.3, -0.25) is 4.79 Å². The van der Waals surface area contributed by atoms with E-state index < -0.39 is 11.9 Å². The average molecular weight is 324 g/mol. The predicted octanol–water partition coefficient (Wildman–Crippen LogP) is 3.35. The number of aromatic nitrogens is 1. The van der Waals surface area contributed by atoms with Crippen LogP contribution in [0.1, 0.15) is 18.4 Å². The van der Waals surface area contributed by atoms with Gasteiger partial charge in [0.05, 0.1) is 19.1 Å². The zero-order valence-electron chi connectivity index (χ0n) is 13.6. The number of rotatable bonds is 3. The Morgan fingerprint density at radius 3 is 2.67 bits per heavy atom. The van der Waals surface area contributed by atoms with Gasteiger partial charge in [0.2, 0.25) is 0 Å². The maximum Gasteiger partial charge on any atom is 0.310 e. The van der Waals surface area contributed by atoms with E-state index in [2.05, 4.69) is 28.1 Å². The number of nitrogens with zero attached hydrogens (tertiary/aromatic N) is 1. The van der Waals surface area contributed by atoms with Crippen LogP contribution >= 0.6 is 0 Å². The monoisotopic (exact) mass is 324 g/mol. The largest absolute Gasteiger partial charge is 0.481 e. The maximum atomic E-state index is 11.2. The van der Waals surface area contributed by atoms with Gasteiger partial charge >= 0.3 is 5.97 Å². The fourth-order valence-electron chi connectivity index (χ4n) is 3.34. The summed E-state index contributed by atoms with van der Waals surface area (Å²) < 4.78 is 5.42. The first kappa shape index (κ1) is 15.0. The number of benzene rings is 2. The van der Waals surface area contributed by atoms with Crippen LogP contribution in [0.25, 0.3) is 21.8 Å². The highest BCUT2D eigenvalue weighted by Gasteiger charge is 2.16. The van der Waals surface area contributed by atoms with Gasteiger partial charge in [-0.2, -0.15) is 0 Å². The van der Waals surface area contributed by atoms with Crippen LogP contribution in [0.5, 0.6) is 0 Å². The molecule has 24 heavy (non-hydrogen) atoms. The molecule has 0 saturated carbocycles. The summed E-state index contributed by atoms with van der Waals surface area (Å²) in [6, 6.07) is 12.3. The lowest BCUT2D eigenvalue weighted by Crippen LogP contribution is -2.36. The van der Waals surface area contributed by atoms with Gasteiger partial charge in [0.1, 0.15) is 0 Å². The lowest BCUT2D eigenvalue weighted by molar-refractivity contribution is -0.138. The van der Waals surface area contributed by atoms with E-state index in [1.165, 1.54) is 11.1 Å². The Balaban J connectivity index is 1.78. The molecule has 1 aromatic heterocycles. The number of H-pyrrole nitrogens is 1. The molecule has 1 saturated heterocycles. The van der Waals surface area contributed by atoms with E-state index >= 15 is 0 Å². The molecule has 1 aliphatic rings. The smallest absolute Gasteiger partial charge is 0.310 e. The molecule has 1 unspecified atom stereocenters. The Labute approximate surface area is 139 Å². The Bertz CT molecular complexity index is 910. The standard InChI is InChI=1S/C19H20N2O3/c1-12(19(22)23)13-2-4-15-16-11-14(21-6-8-24-9-7-21)3-5-17(16)20-18(15)10-13/h2-5,10-12,20H,6-9H2,1H3,(H,22,23). The number of aliphatic carboxylic acids is 1. The van der Waals surface area contributed by atoms with Gasteiger partial charge in [0, 0.05) is 40.6 Å². The maximum absolute atomic E-state index is 11.2. The summed E-state index contributed by atoms with van der Waals surface area (Å²) in [5, 5.41) is 11.5. The first-order chi connectivity index (χ1) is 11.6. The van der Waals surface area contributed by atoms with Crippen molar-refractivity contribution in [3.8, 4) is 0 Å². The first-order valence-corrected chi connectivity index (χ1v) is 8.24. The third-order valence-electron chi connectivity index (χ3n) is 4.85. The molecule has 5 heteroatoms. The van der Waals surface area contributed by atoms with Crippen LogP contribution in [-0.4, -0.2) is 42.4 Å². The third kappa shape index (κ3) is 2.51. The van der Waals surface area contributed by atoms with Gasteiger partial charge < -0.3 is 19.7 Å². The molecule has 0 aliphatic carbocycles. The van der Waals surface area contributed by atoms with Crippen molar-refractivity contribution in [3.63, 3.8) is 0 Å². The molecule has 0 spiro atoms. The van der Waals surface area contributed by atoms with Crippen molar-refractivity contribution in [3.05, 3.63) is 42.0 Å². The minimum Gasteiger partial charge on any atom is -0.481 e. The molecule has 1 atom stereocenters. The number of hydrogen-bond donors (Lipinski definition) is 2. The van der Waals surface area contributed by atoms with Crippen molar-refractivity contribution in [1.82, 2.24) is 4.98 Å². The number of carboxylic acids is 1. The van der Waals surface area contributed by atoms with Crippen molar-refractivity contribution in [2.75, 3.05) is 31.2 Å². The molecule has 2 aromatic carbocycles. The number of carboxylic acid groups (broad SMARTS) is 1. The van der Waals surface area contributed by atoms with Crippen molar-refractivity contribution in [1.29, 1.82) is 0 Å². The molecular weight excluding hydrogens is 304 g/mol. The van der Waals surface area contributed by atoms with Crippen LogP contribution < -0.4 is 4.90 Å². The molecule has 2 N–H and O–H groups in total. The van der Waals surface area contributed by atoms with Gasteiger partial charge in [0.15, 0.2) is 0 Å². The summed E-state index contributed by atoms with van der Waals surface area (Å²) in [6.45, 7) is 5.07. The second kappa shape index (κ2) is 5.83. The molecule has 0 amide bonds. The van der Waals surface area contributed by atoms with Crippen LogP contribution in [0, 0.1) is 0 Å². The number of morpholine rings is 1. The van der Waals surface area contributed by atoms with E-state index in [0.717, 1.165) is 48.3 Å². The topological polar surface area (TPSA) is 65.6 Å². The second-order valence-electron chi connectivity index (χ2n) is 6.32. The molecular formula is C19H20N2O3. The Hall–Kier alpha value is -2.53. The van der Waals surface area contributed by atoms with E-state index in [4.69, 9.17) is 4.74 Å². The van der Waals surface area contributed by atoms with Crippen LogP contribution in [-0.2, 0) is 9.53 Å². The number of aromatic amines is 1. The van der Waals surface area contributed by atoms with Gasteiger partial charge in [-0.05, 0) is 36.8 Å². The van der Waals surface area contributed by atoms with Gasteiger partial charge in [-0.15, -0.1) is 0 Å². The predicted molar refractivity (Wildman–Crippen MR) is 94.9 cm³/mol. The number of hydrogen-bond acceptors (Lipinski definition) is 3. The van der Waals surface area contributed by atoms with Crippen molar-refractivity contribution < 1.29 is 14.6 Å². The summed E-state index contributed by atoms with van der Waals surface area (Å²) in [5.74, 6) is -1.32. The van der Waals surface area contributed by atoms with E-state index in [-0.39, 0.29) is 0 Å². The Morgan fingerprint density at radius 1 is 1.12 bits per heavy atom. The number of nitrogens with one attached hydrogen (secondary N) is 1. The minimum atomic E-state index is -0.805. The van der Waals surface area contributed by atoms with E-state index in [0.29, 0.717) is 0 Å². The zero-order chi connectivity index (χ0) is 16.7. The molecule has 0 bridgehead atoms. The molecule has 0 radical (unpaired) electrons. The van der Waals surface area contributed by atoms with E-state index in [9.17, 15) is 9.90 Å². The summed E-state index contributed by atoms with van der Waals surface area (Å²) in [4.78, 5) is 16.9. The molecule has 4 rings (SSSR count). The fourth-order valence-corrected chi connectivity index (χ4v) is 3.34. The highest BCUT2D eigenvalue weighted by atomic mass is 16.5. The normalized spacial score (nSPS) is 16.6. The molecule has 3 aromatic rings. The quantitative estimate of drug-likeness (QED) is 0.775. The van der Waals surface area contributed by atoms with Crippen LogP contribution in [0.15, 0.2) is 36.4 Å². The van der Waals surface area contributed by atoms with Crippen LogP contribution in [0.2, 0.25) is 0 Å².